The molecule has 0 radical (unpaired) electrons. The number of amides is 1. The summed E-state index contributed by atoms with van der Waals surface area (Å²) in [5.41, 5.74) is 0.994. The first-order valence-electron chi connectivity index (χ1n) is 6.04. The van der Waals surface area contributed by atoms with Crippen LogP contribution in [-0.4, -0.2) is 26.9 Å². The number of benzene rings is 1. The minimum absolute atomic E-state index is 0.0201. The Labute approximate surface area is 113 Å². The molecular formula is C13H18N2O3S. The number of hydrogen-bond donors (Lipinski definition) is 1. The highest BCUT2D eigenvalue weighted by Crippen LogP contribution is 2.29. The number of carbonyl (C=O) groups excluding carboxylic acids is 1. The van der Waals surface area contributed by atoms with E-state index in [1.54, 1.807) is 44.9 Å². The van der Waals surface area contributed by atoms with Gasteiger partial charge in [0.25, 0.3) is 0 Å². The molecule has 104 valence electrons. The SMILES string of the molecule is CN1C(=O)Cc2cc(S(=O)(=O)NC(C)(C)C)ccc21. The van der Waals surface area contributed by atoms with Crippen LogP contribution in [0.3, 0.4) is 0 Å². The van der Waals surface area contributed by atoms with Gasteiger partial charge in [0.05, 0.1) is 11.3 Å². The molecule has 1 aliphatic rings. The maximum absolute atomic E-state index is 12.2. The Morgan fingerprint density at radius 1 is 1.26 bits per heavy atom. The van der Waals surface area contributed by atoms with E-state index in [-0.39, 0.29) is 17.2 Å². The van der Waals surface area contributed by atoms with Crippen LogP contribution in [0.1, 0.15) is 26.3 Å². The Morgan fingerprint density at radius 3 is 2.47 bits per heavy atom. The normalized spacial score (nSPS) is 15.8. The van der Waals surface area contributed by atoms with E-state index in [0.717, 1.165) is 11.3 Å². The number of likely N-dealkylation sites (N-methyl/N-ethyl adjacent to an activating group) is 1. The standard InChI is InChI=1S/C13H18N2O3S/c1-13(2,3)14-19(17,18)10-5-6-11-9(7-10)8-12(16)15(11)4/h5-7,14H,8H2,1-4H3. The Kier molecular flexibility index (Phi) is 3.18. The first kappa shape index (κ1) is 14.0. The zero-order valence-electron chi connectivity index (χ0n) is 11.5. The number of fused-ring (bicyclic) bond motifs is 1. The van der Waals surface area contributed by atoms with Crippen LogP contribution in [0.25, 0.3) is 0 Å². The molecule has 1 amide bonds. The van der Waals surface area contributed by atoms with Crippen LogP contribution in [0.4, 0.5) is 5.69 Å². The predicted octanol–water partition coefficient (Wildman–Crippen LogP) is 1.28. The van der Waals surface area contributed by atoms with Crippen molar-refractivity contribution in [2.75, 3.05) is 11.9 Å². The lowest BCUT2D eigenvalue weighted by Crippen LogP contribution is -2.40. The number of hydrogen-bond acceptors (Lipinski definition) is 3. The molecule has 1 aromatic carbocycles. The van der Waals surface area contributed by atoms with E-state index in [9.17, 15) is 13.2 Å². The van der Waals surface area contributed by atoms with Crippen molar-refractivity contribution in [3.05, 3.63) is 23.8 Å². The zero-order valence-corrected chi connectivity index (χ0v) is 12.3. The van der Waals surface area contributed by atoms with Crippen molar-refractivity contribution in [2.24, 2.45) is 0 Å². The first-order chi connectivity index (χ1) is 8.60. The van der Waals surface area contributed by atoms with E-state index in [1.165, 1.54) is 6.07 Å². The molecule has 0 saturated heterocycles. The fraction of sp³-hybridized carbons (Fsp3) is 0.462. The van der Waals surface area contributed by atoms with Gasteiger partial charge in [0.1, 0.15) is 0 Å². The molecule has 5 nitrogen and oxygen atoms in total. The fourth-order valence-corrected chi connectivity index (χ4v) is 3.54. The summed E-state index contributed by atoms with van der Waals surface area (Å²) in [7, 11) is -1.86. The topological polar surface area (TPSA) is 66.5 Å². The van der Waals surface area contributed by atoms with Gasteiger partial charge in [-0.25, -0.2) is 13.1 Å². The highest BCUT2D eigenvalue weighted by Gasteiger charge is 2.27. The van der Waals surface area contributed by atoms with Crippen LogP contribution in [0, 0.1) is 0 Å². The summed E-state index contributed by atoms with van der Waals surface area (Å²) >= 11 is 0. The van der Waals surface area contributed by atoms with Gasteiger partial charge in [0.2, 0.25) is 15.9 Å². The predicted molar refractivity (Wildman–Crippen MR) is 73.6 cm³/mol. The van der Waals surface area contributed by atoms with Crippen molar-refractivity contribution in [3.63, 3.8) is 0 Å². The van der Waals surface area contributed by atoms with Crippen LogP contribution < -0.4 is 9.62 Å². The van der Waals surface area contributed by atoms with E-state index in [2.05, 4.69) is 4.72 Å². The first-order valence-corrected chi connectivity index (χ1v) is 7.52. The molecule has 0 saturated carbocycles. The second-order valence-electron chi connectivity index (χ2n) is 5.78. The molecule has 6 heteroatoms. The number of rotatable bonds is 2. The number of sulfonamides is 1. The van der Waals surface area contributed by atoms with Crippen LogP contribution in [0.15, 0.2) is 23.1 Å². The third kappa shape index (κ3) is 2.79. The molecule has 2 rings (SSSR count). The van der Waals surface area contributed by atoms with Gasteiger partial charge in [0, 0.05) is 18.3 Å². The third-order valence-electron chi connectivity index (χ3n) is 2.88. The Bertz CT molecular complexity index is 630. The highest BCUT2D eigenvalue weighted by atomic mass is 32.2. The number of nitrogens with one attached hydrogen (secondary N) is 1. The maximum atomic E-state index is 12.2. The van der Waals surface area contributed by atoms with E-state index in [1.807, 2.05) is 0 Å². The van der Waals surface area contributed by atoms with Gasteiger partial charge in [-0.1, -0.05) is 0 Å². The van der Waals surface area contributed by atoms with Gasteiger partial charge in [-0.3, -0.25) is 4.79 Å². The van der Waals surface area contributed by atoms with Crippen molar-refractivity contribution < 1.29 is 13.2 Å². The second-order valence-corrected chi connectivity index (χ2v) is 7.46. The van der Waals surface area contributed by atoms with Crippen molar-refractivity contribution >= 4 is 21.6 Å². The summed E-state index contributed by atoms with van der Waals surface area (Å²) in [6, 6.07) is 4.78. The average molecular weight is 282 g/mol. The number of nitrogens with zero attached hydrogens (tertiary/aromatic N) is 1. The zero-order chi connectivity index (χ0) is 14.4. The molecule has 0 unspecified atom stereocenters. The fourth-order valence-electron chi connectivity index (χ4n) is 2.08. The molecule has 0 fully saturated rings. The molecule has 1 aromatic rings. The second kappa shape index (κ2) is 4.31. The molecule has 1 heterocycles. The van der Waals surface area contributed by atoms with Crippen LogP contribution in [-0.2, 0) is 21.2 Å². The molecule has 1 N–H and O–H groups in total. The number of carbonyl (C=O) groups is 1. The Balaban J connectivity index is 2.40. The Morgan fingerprint density at radius 2 is 1.89 bits per heavy atom. The van der Waals surface area contributed by atoms with Crippen molar-refractivity contribution in [3.8, 4) is 0 Å². The Hall–Kier alpha value is -1.40. The van der Waals surface area contributed by atoms with Gasteiger partial charge in [0.15, 0.2) is 0 Å². The summed E-state index contributed by atoms with van der Waals surface area (Å²) in [4.78, 5) is 13.3. The summed E-state index contributed by atoms with van der Waals surface area (Å²) in [5, 5.41) is 0. The van der Waals surface area contributed by atoms with Crippen molar-refractivity contribution in [1.82, 2.24) is 4.72 Å². The molecule has 19 heavy (non-hydrogen) atoms. The van der Waals surface area contributed by atoms with Crippen molar-refractivity contribution in [2.45, 2.75) is 37.6 Å². The van der Waals surface area contributed by atoms with Gasteiger partial charge >= 0.3 is 0 Å². The lowest BCUT2D eigenvalue weighted by atomic mass is 10.1. The third-order valence-corrected chi connectivity index (χ3v) is 4.63. The van der Waals surface area contributed by atoms with Gasteiger partial charge in [-0.15, -0.1) is 0 Å². The molecule has 0 atom stereocenters. The number of anilines is 1. The van der Waals surface area contributed by atoms with E-state index in [4.69, 9.17) is 0 Å². The monoisotopic (exact) mass is 282 g/mol. The molecule has 0 spiro atoms. The molecule has 0 bridgehead atoms. The molecular weight excluding hydrogens is 264 g/mol. The van der Waals surface area contributed by atoms with Crippen LogP contribution >= 0.6 is 0 Å². The van der Waals surface area contributed by atoms with Crippen molar-refractivity contribution in [1.29, 1.82) is 0 Å². The summed E-state index contributed by atoms with van der Waals surface area (Å²) in [5.74, 6) is -0.0201. The van der Waals surface area contributed by atoms with E-state index >= 15 is 0 Å². The van der Waals surface area contributed by atoms with E-state index in [0.29, 0.717) is 0 Å². The molecule has 0 aromatic heterocycles. The van der Waals surface area contributed by atoms with Gasteiger partial charge in [-0.2, -0.15) is 0 Å². The average Bonchev–Trinajstić information content (AvgIpc) is 2.51. The van der Waals surface area contributed by atoms with Crippen LogP contribution in [0.2, 0.25) is 0 Å². The minimum atomic E-state index is -3.55. The lowest BCUT2D eigenvalue weighted by molar-refractivity contribution is -0.117. The minimum Gasteiger partial charge on any atom is -0.315 e. The van der Waals surface area contributed by atoms with E-state index < -0.39 is 15.6 Å². The maximum Gasteiger partial charge on any atom is 0.241 e. The smallest absolute Gasteiger partial charge is 0.241 e. The largest absolute Gasteiger partial charge is 0.315 e. The van der Waals surface area contributed by atoms with Crippen LogP contribution in [0.5, 0.6) is 0 Å². The van der Waals surface area contributed by atoms with Gasteiger partial charge in [-0.05, 0) is 44.5 Å². The highest BCUT2D eigenvalue weighted by molar-refractivity contribution is 7.89. The molecule has 1 aliphatic heterocycles. The van der Waals surface area contributed by atoms with Gasteiger partial charge < -0.3 is 4.90 Å². The lowest BCUT2D eigenvalue weighted by Gasteiger charge is -2.20. The summed E-state index contributed by atoms with van der Waals surface area (Å²) in [6.45, 7) is 5.36. The molecule has 0 aliphatic carbocycles. The summed E-state index contributed by atoms with van der Waals surface area (Å²) < 4.78 is 27.0. The summed E-state index contributed by atoms with van der Waals surface area (Å²) in [6.07, 6.45) is 0.255. The quantitative estimate of drug-likeness (QED) is 0.888.